The molecule has 1 aromatic heterocycles. The Hall–Kier alpha value is -2.46. The number of carbonyl (C=O) groups is 2. The van der Waals surface area contributed by atoms with Crippen molar-refractivity contribution in [1.82, 2.24) is 18.8 Å². The normalized spacial score (nSPS) is 20.3. The predicted molar refractivity (Wildman–Crippen MR) is 125 cm³/mol. The number of aromatic nitrogens is 2. The van der Waals surface area contributed by atoms with Crippen molar-refractivity contribution in [3.8, 4) is 0 Å². The number of nitrogens with zero attached hydrogens (tertiary/aromatic N) is 4. The van der Waals surface area contributed by atoms with Crippen LogP contribution in [0.4, 0.5) is 0 Å². The third kappa shape index (κ3) is 5.22. The summed E-state index contributed by atoms with van der Waals surface area (Å²) in [6.45, 7) is 5.68. The highest BCUT2D eigenvalue weighted by molar-refractivity contribution is 7.89. The lowest BCUT2D eigenvalue weighted by Crippen LogP contribution is -2.51. The van der Waals surface area contributed by atoms with Gasteiger partial charge < -0.3 is 14.2 Å². The zero-order valence-electron chi connectivity index (χ0n) is 20.2. The summed E-state index contributed by atoms with van der Waals surface area (Å²) in [5, 5.41) is 0. The first-order valence-corrected chi connectivity index (χ1v) is 12.8. The van der Waals surface area contributed by atoms with Crippen molar-refractivity contribution in [1.29, 1.82) is 0 Å². The number of amides is 1. The zero-order valence-corrected chi connectivity index (χ0v) is 21.1. The molecule has 3 rings (SSSR count). The molecule has 1 amide bonds. The summed E-state index contributed by atoms with van der Waals surface area (Å²) < 4.78 is 33.2. The minimum absolute atomic E-state index is 0.0722. The van der Waals surface area contributed by atoms with Gasteiger partial charge in [-0.3, -0.25) is 9.59 Å². The van der Waals surface area contributed by atoms with Crippen molar-refractivity contribution in [2.24, 2.45) is 7.05 Å². The van der Waals surface area contributed by atoms with Gasteiger partial charge in [-0.05, 0) is 58.2 Å². The fraction of sp³-hybridized carbons (Fsp3) is 0.609. The fourth-order valence-electron chi connectivity index (χ4n) is 4.41. The highest BCUT2D eigenvalue weighted by Crippen LogP contribution is 2.24. The van der Waals surface area contributed by atoms with E-state index in [0.717, 1.165) is 29.1 Å². The van der Waals surface area contributed by atoms with Crippen LogP contribution in [0.25, 0.3) is 11.0 Å². The molecule has 1 aliphatic heterocycles. The van der Waals surface area contributed by atoms with Crippen molar-refractivity contribution in [2.75, 3.05) is 14.1 Å². The van der Waals surface area contributed by atoms with Crippen LogP contribution in [0.1, 0.15) is 52.3 Å². The number of rotatable bonds is 7. The number of sulfonamides is 1. The molecule has 1 aromatic carbocycles. The first-order valence-electron chi connectivity index (χ1n) is 11.3. The number of hydrogen-bond acceptors (Lipinski definition) is 6. The number of likely N-dealkylation sites (tertiary alicyclic amines) is 1. The molecule has 0 unspecified atom stereocenters. The Bertz CT molecular complexity index is 1130. The van der Waals surface area contributed by atoms with Gasteiger partial charge in [0.1, 0.15) is 5.82 Å². The first kappa shape index (κ1) is 25.2. The molecule has 0 saturated carbocycles. The van der Waals surface area contributed by atoms with E-state index in [9.17, 15) is 18.0 Å². The standard InChI is InChI=1S/C23H34N4O5S/c1-15-8-7-9-16(2)27(15)23(29)17(3)32-22(28)13-12-21-24-19-14-18(33(30,31)25(4)5)10-11-20(19)26(21)6/h10-11,14-17H,7-9,12-13H2,1-6H3/t15-,16+,17-/m0/s1. The van der Waals surface area contributed by atoms with Crippen molar-refractivity contribution in [2.45, 2.75) is 76.0 Å². The number of benzene rings is 1. The Balaban J connectivity index is 1.65. The Morgan fingerprint density at radius 2 is 1.85 bits per heavy atom. The van der Waals surface area contributed by atoms with Crippen LogP contribution < -0.4 is 0 Å². The first-order chi connectivity index (χ1) is 15.4. The van der Waals surface area contributed by atoms with Crippen molar-refractivity contribution in [3.05, 3.63) is 24.0 Å². The predicted octanol–water partition coefficient (Wildman–Crippen LogP) is 2.48. The molecule has 0 aliphatic carbocycles. The molecule has 33 heavy (non-hydrogen) atoms. The number of imidazole rings is 1. The zero-order chi connectivity index (χ0) is 24.5. The van der Waals surface area contributed by atoms with E-state index >= 15 is 0 Å². The highest BCUT2D eigenvalue weighted by atomic mass is 32.2. The van der Waals surface area contributed by atoms with Gasteiger partial charge in [-0.15, -0.1) is 0 Å². The molecule has 0 bridgehead atoms. The van der Waals surface area contributed by atoms with Gasteiger partial charge >= 0.3 is 5.97 Å². The number of piperidine rings is 1. The lowest BCUT2D eigenvalue weighted by molar-refractivity contribution is -0.162. The minimum Gasteiger partial charge on any atom is -0.453 e. The van der Waals surface area contributed by atoms with Gasteiger partial charge in [0, 0.05) is 39.6 Å². The van der Waals surface area contributed by atoms with Crippen LogP contribution in [-0.4, -0.2) is 71.3 Å². The van der Waals surface area contributed by atoms with Crippen LogP contribution in [0.5, 0.6) is 0 Å². The molecule has 0 spiro atoms. The van der Waals surface area contributed by atoms with Crippen molar-refractivity contribution >= 4 is 32.9 Å². The van der Waals surface area contributed by atoms with Crippen molar-refractivity contribution < 1.29 is 22.7 Å². The number of aryl methyl sites for hydroxylation is 2. The minimum atomic E-state index is -3.56. The van der Waals surface area contributed by atoms with Crippen molar-refractivity contribution in [3.63, 3.8) is 0 Å². The monoisotopic (exact) mass is 478 g/mol. The average Bonchev–Trinajstić information content (AvgIpc) is 3.06. The topological polar surface area (TPSA) is 102 Å². The highest BCUT2D eigenvalue weighted by Gasteiger charge is 2.33. The van der Waals surface area contributed by atoms with Gasteiger partial charge in [0.25, 0.3) is 5.91 Å². The second kappa shape index (κ2) is 9.80. The van der Waals surface area contributed by atoms with Crippen LogP contribution in [0.2, 0.25) is 0 Å². The summed E-state index contributed by atoms with van der Waals surface area (Å²) in [7, 11) is 1.22. The SMILES string of the molecule is C[C@H](OC(=O)CCc1nc2cc(S(=O)(=O)N(C)C)ccc2n1C)C(=O)N1[C@H](C)CCC[C@@H]1C. The molecule has 2 aromatic rings. The van der Waals surface area contributed by atoms with Crippen LogP contribution >= 0.6 is 0 Å². The molecule has 1 fully saturated rings. The maximum Gasteiger partial charge on any atom is 0.307 e. The average molecular weight is 479 g/mol. The molecule has 2 heterocycles. The van der Waals surface area contributed by atoms with E-state index in [-0.39, 0.29) is 29.3 Å². The third-order valence-electron chi connectivity index (χ3n) is 6.38. The molecule has 10 heteroatoms. The number of esters is 1. The van der Waals surface area contributed by atoms with Gasteiger partial charge in [0.2, 0.25) is 10.0 Å². The van der Waals surface area contributed by atoms with Gasteiger partial charge in [0.05, 0.1) is 22.3 Å². The summed E-state index contributed by atoms with van der Waals surface area (Å²) in [6.07, 6.45) is 2.57. The largest absolute Gasteiger partial charge is 0.453 e. The summed E-state index contributed by atoms with van der Waals surface area (Å²) in [6, 6.07) is 5.08. The molecular weight excluding hydrogens is 444 g/mol. The Kier molecular flexibility index (Phi) is 7.48. The van der Waals surface area contributed by atoms with Gasteiger partial charge in [-0.1, -0.05) is 0 Å². The van der Waals surface area contributed by atoms with Crippen LogP contribution in [-0.2, 0) is 37.8 Å². The molecule has 3 atom stereocenters. The van der Waals surface area contributed by atoms with E-state index in [0.29, 0.717) is 17.8 Å². The second-order valence-electron chi connectivity index (χ2n) is 9.03. The summed E-state index contributed by atoms with van der Waals surface area (Å²) in [5.74, 6) is 0.0233. The van der Waals surface area contributed by atoms with E-state index in [1.165, 1.54) is 20.2 Å². The maximum atomic E-state index is 12.8. The second-order valence-corrected chi connectivity index (χ2v) is 11.2. The van der Waals surface area contributed by atoms with Crippen LogP contribution in [0, 0.1) is 0 Å². The van der Waals surface area contributed by atoms with E-state index in [4.69, 9.17) is 4.74 Å². The molecule has 0 N–H and O–H groups in total. The lowest BCUT2D eigenvalue weighted by atomic mass is 9.97. The molecule has 182 valence electrons. The summed E-state index contributed by atoms with van der Waals surface area (Å²) in [5.41, 5.74) is 1.31. The fourth-order valence-corrected chi connectivity index (χ4v) is 5.33. The quantitative estimate of drug-likeness (QED) is 0.567. The van der Waals surface area contributed by atoms with Gasteiger partial charge in [-0.2, -0.15) is 0 Å². The Morgan fingerprint density at radius 3 is 2.45 bits per heavy atom. The molecule has 9 nitrogen and oxygen atoms in total. The summed E-state index contributed by atoms with van der Waals surface area (Å²) >= 11 is 0. The van der Waals surface area contributed by atoms with Crippen LogP contribution in [0.3, 0.4) is 0 Å². The lowest BCUT2D eigenvalue weighted by Gasteiger charge is -2.40. The number of carbonyl (C=O) groups excluding carboxylic acids is 2. The van der Waals surface area contributed by atoms with E-state index in [1.807, 2.05) is 30.4 Å². The number of ether oxygens (including phenoxy) is 1. The number of hydrogen-bond donors (Lipinski definition) is 0. The molecule has 1 aliphatic rings. The Labute approximate surface area is 195 Å². The maximum absolute atomic E-state index is 12.8. The van der Waals surface area contributed by atoms with Gasteiger partial charge in [0.15, 0.2) is 6.10 Å². The smallest absolute Gasteiger partial charge is 0.307 e. The van der Waals surface area contributed by atoms with Crippen LogP contribution in [0.15, 0.2) is 23.1 Å². The molecule has 1 saturated heterocycles. The van der Waals surface area contributed by atoms with E-state index in [2.05, 4.69) is 4.98 Å². The van der Waals surface area contributed by atoms with Gasteiger partial charge in [-0.25, -0.2) is 17.7 Å². The third-order valence-corrected chi connectivity index (χ3v) is 8.19. The Morgan fingerprint density at radius 1 is 1.21 bits per heavy atom. The van der Waals surface area contributed by atoms with E-state index in [1.54, 1.807) is 19.1 Å². The molecular formula is C23H34N4O5S. The molecule has 0 radical (unpaired) electrons. The number of fused-ring (bicyclic) bond motifs is 1. The van der Waals surface area contributed by atoms with E-state index < -0.39 is 22.1 Å². The summed E-state index contributed by atoms with van der Waals surface area (Å²) in [4.78, 5) is 31.8.